The van der Waals surface area contributed by atoms with Crippen LogP contribution in [0.25, 0.3) is 0 Å². The molecule has 148 valence electrons. The lowest BCUT2D eigenvalue weighted by atomic mass is 9.91. The van der Waals surface area contributed by atoms with Crippen LogP contribution in [0.4, 0.5) is 0 Å². The molecular formula is C20H24ClN5O2. The van der Waals surface area contributed by atoms with Crippen molar-refractivity contribution in [2.24, 2.45) is 0 Å². The molecule has 0 unspecified atom stereocenters. The van der Waals surface area contributed by atoms with Crippen molar-refractivity contribution >= 4 is 23.4 Å². The van der Waals surface area contributed by atoms with Crippen molar-refractivity contribution in [3.63, 3.8) is 0 Å². The Hall–Kier alpha value is -2.41. The Bertz CT molecular complexity index is 856. The number of rotatable bonds is 6. The standard InChI is InChI=1S/C20H24ClN5O2/c21-14-3-1-2-13(10-14)11-19(27)22-15-6-8-17(9-7-15)26-12-18(24-25-26)20(28)23-16-4-5-16/h1-3,10,12,15-17H,4-9,11H2,(H,22,27)(H,23,28). The number of nitrogens with zero attached hydrogens (tertiary/aromatic N) is 3. The zero-order valence-corrected chi connectivity index (χ0v) is 16.4. The smallest absolute Gasteiger partial charge is 0.273 e. The van der Waals surface area contributed by atoms with Gasteiger partial charge in [-0.25, -0.2) is 4.68 Å². The monoisotopic (exact) mass is 401 g/mol. The quantitative estimate of drug-likeness (QED) is 0.778. The number of hydrogen-bond donors (Lipinski definition) is 2. The minimum Gasteiger partial charge on any atom is -0.353 e. The van der Waals surface area contributed by atoms with Gasteiger partial charge in [0.1, 0.15) is 0 Å². The van der Waals surface area contributed by atoms with Crippen LogP contribution >= 0.6 is 11.6 Å². The van der Waals surface area contributed by atoms with Crippen LogP contribution < -0.4 is 10.6 Å². The summed E-state index contributed by atoms with van der Waals surface area (Å²) < 4.78 is 1.80. The Morgan fingerprint density at radius 3 is 2.50 bits per heavy atom. The molecule has 2 fully saturated rings. The maximum absolute atomic E-state index is 12.3. The lowest BCUT2D eigenvalue weighted by molar-refractivity contribution is -0.121. The molecule has 4 rings (SSSR count). The van der Waals surface area contributed by atoms with Crippen LogP contribution in [0.5, 0.6) is 0 Å². The van der Waals surface area contributed by atoms with Crippen LogP contribution in [0.1, 0.15) is 60.6 Å². The van der Waals surface area contributed by atoms with Crippen molar-refractivity contribution < 1.29 is 9.59 Å². The fraction of sp³-hybridized carbons (Fsp3) is 0.500. The van der Waals surface area contributed by atoms with E-state index in [-0.39, 0.29) is 23.9 Å². The van der Waals surface area contributed by atoms with Gasteiger partial charge in [-0.1, -0.05) is 28.9 Å². The molecule has 2 saturated carbocycles. The van der Waals surface area contributed by atoms with Gasteiger partial charge in [-0.05, 0) is 56.2 Å². The summed E-state index contributed by atoms with van der Waals surface area (Å²) in [5, 5.41) is 14.8. The van der Waals surface area contributed by atoms with Gasteiger partial charge in [-0.3, -0.25) is 9.59 Å². The third-order valence-corrected chi connectivity index (χ3v) is 5.58. The molecule has 0 radical (unpaired) electrons. The summed E-state index contributed by atoms with van der Waals surface area (Å²) in [4.78, 5) is 24.3. The van der Waals surface area contributed by atoms with Gasteiger partial charge in [-0.2, -0.15) is 0 Å². The molecule has 0 spiro atoms. The van der Waals surface area contributed by atoms with Crippen LogP contribution in [0.15, 0.2) is 30.5 Å². The van der Waals surface area contributed by atoms with Gasteiger partial charge in [0.05, 0.1) is 18.7 Å². The fourth-order valence-electron chi connectivity index (χ4n) is 3.64. The first-order valence-electron chi connectivity index (χ1n) is 9.83. The lowest BCUT2D eigenvalue weighted by Crippen LogP contribution is -2.38. The van der Waals surface area contributed by atoms with Gasteiger partial charge in [0, 0.05) is 17.1 Å². The van der Waals surface area contributed by atoms with Gasteiger partial charge < -0.3 is 10.6 Å². The molecule has 8 heteroatoms. The highest BCUT2D eigenvalue weighted by Crippen LogP contribution is 2.28. The molecule has 0 atom stereocenters. The highest BCUT2D eigenvalue weighted by Gasteiger charge is 2.27. The second kappa shape index (κ2) is 8.31. The van der Waals surface area contributed by atoms with E-state index in [9.17, 15) is 9.59 Å². The number of benzene rings is 1. The Morgan fingerprint density at radius 1 is 1.07 bits per heavy atom. The Morgan fingerprint density at radius 2 is 1.79 bits per heavy atom. The zero-order valence-electron chi connectivity index (χ0n) is 15.6. The minimum atomic E-state index is -0.143. The van der Waals surface area contributed by atoms with Crippen molar-refractivity contribution in [2.75, 3.05) is 0 Å². The maximum atomic E-state index is 12.3. The van der Waals surface area contributed by atoms with Crippen molar-refractivity contribution in [3.8, 4) is 0 Å². The summed E-state index contributed by atoms with van der Waals surface area (Å²) >= 11 is 5.97. The van der Waals surface area contributed by atoms with Crippen molar-refractivity contribution in [3.05, 3.63) is 46.7 Å². The van der Waals surface area contributed by atoms with E-state index in [2.05, 4.69) is 20.9 Å². The highest BCUT2D eigenvalue weighted by atomic mass is 35.5. The molecule has 0 aliphatic heterocycles. The summed E-state index contributed by atoms with van der Waals surface area (Å²) in [6.45, 7) is 0. The number of amides is 2. The number of nitrogens with one attached hydrogen (secondary N) is 2. The average molecular weight is 402 g/mol. The average Bonchev–Trinajstić information content (AvgIpc) is 3.34. The normalized spacial score (nSPS) is 21.9. The third kappa shape index (κ3) is 4.90. The largest absolute Gasteiger partial charge is 0.353 e. The van der Waals surface area contributed by atoms with Crippen LogP contribution in [0.2, 0.25) is 5.02 Å². The van der Waals surface area contributed by atoms with E-state index >= 15 is 0 Å². The lowest BCUT2D eigenvalue weighted by Gasteiger charge is -2.29. The molecule has 2 aliphatic carbocycles. The number of aromatic nitrogens is 3. The number of halogens is 1. The molecule has 1 aromatic carbocycles. The first-order valence-corrected chi connectivity index (χ1v) is 10.2. The maximum Gasteiger partial charge on any atom is 0.273 e. The first-order chi connectivity index (χ1) is 13.6. The second-order valence-corrected chi connectivity index (χ2v) is 8.15. The van der Waals surface area contributed by atoms with E-state index in [0.29, 0.717) is 23.2 Å². The summed E-state index contributed by atoms with van der Waals surface area (Å²) in [5.74, 6) is -0.124. The second-order valence-electron chi connectivity index (χ2n) is 7.71. The minimum absolute atomic E-state index is 0.0190. The molecule has 2 aliphatic rings. The Kier molecular flexibility index (Phi) is 5.62. The third-order valence-electron chi connectivity index (χ3n) is 5.35. The molecule has 2 aromatic rings. The fourth-order valence-corrected chi connectivity index (χ4v) is 3.85. The first kappa shape index (κ1) is 18.9. The van der Waals surface area contributed by atoms with Crippen LogP contribution in [-0.2, 0) is 11.2 Å². The molecule has 1 aromatic heterocycles. The van der Waals surface area contributed by atoms with Gasteiger partial charge in [0.2, 0.25) is 5.91 Å². The van der Waals surface area contributed by atoms with Crippen LogP contribution in [0, 0.1) is 0 Å². The van der Waals surface area contributed by atoms with Crippen LogP contribution in [0.3, 0.4) is 0 Å². The summed E-state index contributed by atoms with van der Waals surface area (Å²) in [6, 6.07) is 8.08. The van der Waals surface area contributed by atoms with Crippen molar-refractivity contribution in [2.45, 2.75) is 63.1 Å². The Balaban J connectivity index is 1.24. The summed E-state index contributed by atoms with van der Waals surface area (Å²) in [6.07, 6.45) is 7.73. The SMILES string of the molecule is O=C(Cc1cccc(Cl)c1)NC1CCC(n2cc(C(=O)NC3CC3)nn2)CC1. The highest BCUT2D eigenvalue weighted by molar-refractivity contribution is 6.30. The van der Waals surface area contributed by atoms with Crippen LogP contribution in [-0.4, -0.2) is 38.9 Å². The van der Waals surface area contributed by atoms with Gasteiger partial charge in [0.15, 0.2) is 5.69 Å². The predicted molar refractivity (Wildman–Crippen MR) is 105 cm³/mol. The predicted octanol–water partition coefficient (Wildman–Crippen LogP) is 2.67. The van der Waals surface area contributed by atoms with Gasteiger partial charge in [0.25, 0.3) is 5.91 Å². The summed E-state index contributed by atoms with van der Waals surface area (Å²) in [5.41, 5.74) is 1.29. The molecule has 7 nitrogen and oxygen atoms in total. The Labute approximate surface area is 168 Å². The molecule has 0 bridgehead atoms. The zero-order chi connectivity index (χ0) is 19.5. The van der Waals surface area contributed by atoms with Crippen molar-refractivity contribution in [1.82, 2.24) is 25.6 Å². The number of carbonyl (C=O) groups is 2. The van der Waals surface area contributed by atoms with Gasteiger partial charge in [-0.15, -0.1) is 5.10 Å². The van der Waals surface area contributed by atoms with E-state index in [1.807, 2.05) is 18.2 Å². The molecule has 2 N–H and O–H groups in total. The van der Waals surface area contributed by atoms with E-state index in [4.69, 9.17) is 11.6 Å². The molecule has 1 heterocycles. The molecule has 0 saturated heterocycles. The van der Waals surface area contributed by atoms with Gasteiger partial charge >= 0.3 is 0 Å². The van der Waals surface area contributed by atoms with E-state index in [0.717, 1.165) is 44.1 Å². The van der Waals surface area contributed by atoms with E-state index in [1.54, 1.807) is 16.9 Å². The topological polar surface area (TPSA) is 88.9 Å². The van der Waals surface area contributed by atoms with Crippen molar-refractivity contribution in [1.29, 1.82) is 0 Å². The molecule has 28 heavy (non-hydrogen) atoms. The summed E-state index contributed by atoms with van der Waals surface area (Å²) in [7, 11) is 0. The number of hydrogen-bond acceptors (Lipinski definition) is 4. The molecule has 2 amide bonds. The number of carbonyl (C=O) groups excluding carboxylic acids is 2. The van der Waals surface area contributed by atoms with E-state index in [1.165, 1.54) is 0 Å². The van der Waals surface area contributed by atoms with E-state index < -0.39 is 0 Å². The molecular weight excluding hydrogens is 378 g/mol.